The number of amides is 1. The fourth-order valence-electron chi connectivity index (χ4n) is 3.21. The van der Waals surface area contributed by atoms with Crippen LogP contribution in [0, 0.1) is 10.1 Å². The first-order valence-electron chi connectivity index (χ1n) is 9.78. The van der Waals surface area contributed by atoms with E-state index in [0.29, 0.717) is 34.6 Å². The van der Waals surface area contributed by atoms with E-state index in [0.717, 1.165) is 5.39 Å². The molecule has 1 amide bonds. The molecule has 170 valence electrons. The van der Waals surface area contributed by atoms with E-state index in [1.165, 1.54) is 30.0 Å². The monoisotopic (exact) mass is 487 g/mol. The first kappa shape index (κ1) is 22.6. The molecule has 0 fully saturated rings. The number of nitrogens with one attached hydrogen (secondary N) is 1. The second-order valence-corrected chi connectivity index (χ2v) is 8.15. The molecule has 0 radical (unpaired) electrons. The van der Waals surface area contributed by atoms with Crippen molar-refractivity contribution in [1.29, 1.82) is 0 Å². The van der Waals surface area contributed by atoms with Crippen molar-refractivity contribution in [1.82, 2.24) is 14.8 Å². The Kier molecular flexibility index (Phi) is 6.52. The molecule has 1 N–H and O–H groups in total. The molecule has 0 aliphatic rings. The minimum absolute atomic E-state index is 0.00507. The lowest BCUT2D eigenvalue weighted by atomic mass is 10.2. The highest BCUT2D eigenvalue weighted by Gasteiger charge is 2.19. The number of nitro groups is 1. The van der Waals surface area contributed by atoms with Crippen molar-refractivity contribution in [2.45, 2.75) is 18.6 Å². The lowest BCUT2D eigenvalue weighted by Crippen LogP contribution is -2.15. The van der Waals surface area contributed by atoms with Crippen molar-refractivity contribution < 1.29 is 18.9 Å². The molecule has 12 heteroatoms. The van der Waals surface area contributed by atoms with E-state index < -0.39 is 4.92 Å². The van der Waals surface area contributed by atoms with Gasteiger partial charge in [0.05, 0.1) is 28.5 Å². The molecule has 0 aliphatic carbocycles. The standard InChI is InChI=1S/C21H18ClN5O5S/c1-3-26-20(17-9-12-5-4-6-16(31-2)19(12)32-17)24-25-21(26)33-11-18(28)23-15-10-13(27(29)30)7-8-14(15)22/h4-10H,3,11H2,1-2H3,(H,23,28). The van der Waals surface area contributed by atoms with Crippen LogP contribution < -0.4 is 10.1 Å². The lowest BCUT2D eigenvalue weighted by Gasteiger charge is -2.08. The molecule has 0 saturated carbocycles. The lowest BCUT2D eigenvalue weighted by molar-refractivity contribution is -0.384. The Morgan fingerprint density at radius 1 is 1.30 bits per heavy atom. The van der Waals surface area contributed by atoms with E-state index in [1.807, 2.05) is 35.8 Å². The number of methoxy groups -OCH3 is 1. The highest BCUT2D eigenvalue weighted by Crippen LogP contribution is 2.34. The van der Waals surface area contributed by atoms with Crippen molar-refractivity contribution in [2.24, 2.45) is 0 Å². The van der Waals surface area contributed by atoms with Crippen LogP contribution in [0.5, 0.6) is 5.75 Å². The van der Waals surface area contributed by atoms with Crippen LogP contribution in [0.15, 0.2) is 52.0 Å². The molecule has 0 aliphatic heterocycles. The number of non-ortho nitro benzene ring substituents is 1. The molecule has 33 heavy (non-hydrogen) atoms. The number of fused-ring (bicyclic) bond motifs is 1. The predicted octanol–water partition coefficient (Wildman–Crippen LogP) is 5.01. The van der Waals surface area contributed by atoms with Gasteiger partial charge in [-0.15, -0.1) is 10.2 Å². The number of hydrogen-bond acceptors (Lipinski definition) is 8. The maximum atomic E-state index is 12.4. The van der Waals surface area contributed by atoms with Gasteiger partial charge in [0.2, 0.25) is 11.7 Å². The maximum absolute atomic E-state index is 12.4. The number of benzene rings is 2. The number of halogens is 1. The first-order valence-corrected chi connectivity index (χ1v) is 11.1. The van der Waals surface area contributed by atoms with Crippen molar-refractivity contribution >= 4 is 51.6 Å². The van der Waals surface area contributed by atoms with E-state index >= 15 is 0 Å². The number of carbonyl (C=O) groups excluding carboxylic acids is 1. The minimum atomic E-state index is -0.556. The molecule has 2 aromatic heterocycles. The van der Waals surface area contributed by atoms with Crippen molar-refractivity contribution in [3.05, 3.63) is 57.6 Å². The van der Waals surface area contributed by atoms with E-state index in [-0.39, 0.29) is 28.1 Å². The molecule has 0 bridgehead atoms. The molecule has 0 unspecified atom stereocenters. The highest BCUT2D eigenvalue weighted by molar-refractivity contribution is 7.99. The van der Waals surface area contributed by atoms with Gasteiger partial charge in [-0.25, -0.2) is 0 Å². The van der Waals surface area contributed by atoms with Crippen LogP contribution in [0.3, 0.4) is 0 Å². The number of rotatable bonds is 8. The molecule has 4 aromatic rings. The Hall–Kier alpha value is -3.57. The summed E-state index contributed by atoms with van der Waals surface area (Å²) in [4.78, 5) is 22.8. The zero-order valence-corrected chi connectivity index (χ0v) is 19.1. The fraction of sp³-hybridized carbons (Fsp3) is 0.190. The molecule has 2 heterocycles. The predicted molar refractivity (Wildman–Crippen MR) is 125 cm³/mol. The molecule has 0 atom stereocenters. The Balaban J connectivity index is 1.51. The third-order valence-corrected chi connectivity index (χ3v) is 6.04. The Bertz CT molecular complexity index is 1350. The Morgan fingerprint density at radius 2 is 2.12 bits per heavy atom. The van der Waals surface area contributed by atoms with Gasteiger partial charge >= 0.3 is 0 Å². The molecular weight excluding hydrogens is 470 g/mol. The summed E-state index contributed by atoms with van der Waals surface area (Å²) in [5, 5.41) is 23.6. The number of hydrogen-bond donors (Lipinski definition) is 1. The molecule has 4 rings (SSSR count). The maximum Gasteiger partial charge on any atom is 0.271 e. The topological polar surface area (TPSA) is 125 Å². The number of nitrogens with zero attached hydrogens (tertiary/aromatic N) is 4. The highest BCUT2D eigenvalue weighted by atomic mass is 35.5. The normalized spacial score (nSPS) is 11.0. The number of nitro benzene ring substituents is 1. The van der Waals surface area contributed by atoms with Crippen LogP contribution in [0.4, 0.5) is 11.4 Å². The SMILES string of the molecule is CCn1c(SCC(=O)Nc2cc([N+](=O)[O-])ccc2Cl)nnc1-c1cc2cccc(OC)c2o1. The van der Waals surface area contributed by atoms with E-state index in [1.54, 1.807) is 7.11 Å². The van der Waals surface area contributed by atoms with Gasteiger partial charge in [-0.05, 0) is 25.1 Å². The molecule has 10 nitrogen and oxygen atoms in total. The molecular formula is C21H18ClN5O5S. The Labute approximate surface area is 197 Å². The van der Waals surface area contributed by atoms with Gasteiger partial charge in [0.15, 0.2) is 22.2 Å². The third kappa shape index (κ3) is 4.64. The molecule has 0 saturated heterocycles. The van der Waals surface area contributed by atoms with Gasteiger partial charge in [0.1, 0.15) is 0 Å². The average molecular weight is 488 g/mol. The summed E-state index contributed by atoms with van der Waals surface area (Å²) in [6.45, 7) is 2.49. The van der Waals surface area contributed by atoms with Gasteiger partial charge in [0.25, 0.3) is 5.69 Å². The summed E-state index contributed by atoms with van der Waals surface area (Å²) in [7, 11) is 1.58. The van der Waals surface area contributed by atoms with Crippen LogP contribution in [-0.4, -0.2) is 38.5 Å². The van der Waals surface area contributed by atoms with Gasteiger partial charge < -0.3 is 14.5 Å². The zero-order chi connectivity index (χ0) is 23.5. The van der Waals surface area contributed by atoms with Gasteiger partial charge in [-0.1, -0.05) is 35.5 Å². The second kappa shape index (κ2) is 9.51. The fourth-order valence-corrected chi connectivity index (χ4v) is 4.18. The van der Waals surface area contributed by atoms with Gasteiger partial charge in [-0.3, -0.25) is 19.5 Å². The third-order valence-electron chi connectivity index (χ3n) is 4.75. The molecule has 0 spiro atoms. The smallest absolute Gasteiger partial charge is 0.271 e. The average Bonchev–Trinajstić information content (AvgIpc) is 3.42. The van der Waals surface area contributed by atoms with Crippen LogP contribution in [-0.2, 0) is 11.3 Å². The Morgan fingerprint density at radius 3 is 2.85 bits per heavy atom. The number of para-hydroxylation sites is 1. The number of anilines is 1. The van der Waals surface area contributed by atoms with E-state index in [2.05, 4.69) is 15.5 Å². The number of thioether (sulfide) groups is 1. The second-order valence-electron chi connectivity index (χ2n) is 6.80. The summed E-state index contributed by atoms with van der Waals surface area (Å²) >= 11 is 7.23. The summed E-state index contributed by atoms with van der Waals surface area (Å²) in [6.07, 6.45) is 0. The molecule has 2 aromatic carbocycles. The summed E-state index contributed by atoms with van der Waals surface area (Å²) in [5.74, 6) is 1.30. The van der Waals surface area contributed by atoms with E-state index in [9.17, 15) is 14.9 Å². The minimum Gasteiger partial charge on any atom is -0.493 e. The zero-order valence-electron chi connectivity index (χ0n) is 17.6. The van der Waals surface area contributed by atoms with Crippen LogP contribution in [0.1, 0.15) is 6.92 Å². The van der Waals surface area contributed by atoms with Crippen molar-refractivity contribution in [2.75, 3.05) is 18.2 Å². The largest absolute Gasteiger partial charge is 0.493 e. The van der Waals surface area contributed by atoms with Crippen LogP contribution in [0.2, 0.25) is 5.02 Å². The quantitative estimate of drug-likeness (QED) is 0.209. The summed E-state index contributed by atoms with van der Waals surface area (Å²) in [6, 6.07) is 11.3. The van der Waals surface area contributed by atoms with Gasteiger partial charge in [-0.2, -0.15) is 0 Å². The van der Waals surface area contributed by atoms with Gasteiger partial charge in [0, 0.05) is 24.1 Å². The van der Waals surface area contributed by atoms with Crippen LogP contribution >= 0.6 is 23.4 Å². The van der Waals surface area contributed by atoms with Crippen molar-refractivity contribution in [3.8, 4) is 17.3 Å². The number of aromatic nitrogens is 3. The van der Waals surface area contributed by atoms with Crippen LogP contribution in [0.25, 0.3) is 22.6 Å². The first-order chi connectivity index (χ1) is 15.9. The summed E-state index contributed by atoms with van der Waals surface area (Å²) in [5.41, 5.74) is 0.619. The van der Waals surface area contributed by atoms with Crippen molar-refractivity contribution in [3.63, 3.8) is 0 Å². The van der Waals surface area contributed by atoms with E-state index in [4.69, 9.17) is 20.8 Å². The number of carbonyl (C=O) groups is 1. The number of furan rings is 1. The number of ether oxygens (including phenoxy) is 1. The summed E-state index contributed by atoms with van der Waals surface area (Å²) < 4.78 is 13.2.